The highest BCUT2D eigenvalue weighted by Crippen LogP contribution is 2.31. The van der Waals surface area contributed by atoms with E-state index in [0.717, 1.165) is 15.3 Å². The van der Waals surface area contributed by atoms with Gasteiger partial charge in [-0.1, -0.05) is 24.0 Å². The highest BCUT2D eigenvalue weighted by molar-refractivity contribution is 7.22. The lowest BCUT2D eigenvalue weighted by Crippen LogP contribution is -2.37. The predicted molar refractivity (Wildman–Crippen MR) is 99.1 cm³/mol. The zero-order chi connectivity index (χ0) is 18.3. The number of amides is 1. The summed E-state index contributed by atoms with van der Waals surface area (Å²) in [5.41, 5.74) is 6.37. The summed E-state index contributed by atoms with van der Waals surface area (Å²) in [4.78, 5) is 26.1. The lowest BCUT2D eigenvalue weighted by atomic mass is 10.0. The number of thiazole rings is 1. The molecule has 0 radical (unpaired) electrons. The number of anilines is 1. The van der Waals surface area contributed by atoms with E-state index >= 15 is 0 Å². The third-order valence-corrected chi connectivity index (χ3v) is 5.37. The molecule has 1 atom stereocenters. The van der Waals surface area contributed by atoms with Gasteiger partial charge in [0.1, 0.15) is 21.9 Å². The Labute approximate surface area is 153 Å². The first-order valence-electron chi connectivity index (χ1n) is 7.95. The highest BCUT2D eigenvalue weighted by Gasteiger charge is 2.42. The summed E-state index contributed by atoms with van der Waals surface area (Å²) in [6, 6.07) is 7.45. The summed E-state index contributed by atoms with van der Waals surface area (Å²) in [6.07, 6.45) is 1.70. The molecular formula is C18H15N5O2S. The molecular weight excluding hydrogens is 350 g/mol. The van der Waals surface area contributed by atoms with Gasteiger partial charge in [-0.3, -0.25) is 4.79 Å². The number of hydrogen-bond acceptors (Lipinski definition) is 7. The molecule has 1 saturated heterocycles. The number of rotatable bonds is 1. The fourth-order valence-electron chi connectivity index (χ4n) is 2.77. The van der Waals surface area contributed by atoms with Crippen molar-refractivity contribution in [3.8, 4) is 22.4 Å². The second kappa shape index (κ2) is 6.05. The number of carbonyl (C=O) groups is 1. The van der Waals surface area contributed by atoms with Gasteiger partial charge in [-0.05, 0) is 12.1 Å². The summed E-state index contributed by atoms with van der Waals surface area (Å²) in [6.45, 7) is 0.498. The Morgan fingerprint density at radius 3 is 2.96 bits per heavy atom. The third-order valence-electron chi connectivity index (χ3n) is 4.25. The molecule has 26 heavy (non-hydrogen) atoms. The topological polar surface area (TPSA) is 105 Å². The number of likely N-dealkylation sites (N-methyl/N-ethyl adjacent to an activating group) is 1. The molecule has 1 fully saturated rings. The van der Waals surface area contributed by atoms with Crippen LogP contribution in [0, 0.1) is 11.8 Å². The third kappa shape index (κ3) is 2.77. The van der Waals surface area contributed by atoms with Crippen molar-refractivity contribution in [2.45, 2.75) is 12.0 Å². The van der Waals surface area contributed by atoms with E-state index in [2.05, 4.69) is 26.8 Å². The van der Waals surface area contributed by atoms with Gasteiger partial charge >= 0.3 is 0 Å². The monoisotopic (exact) mass is 365 g/mol. The van der Waals surface area contributed by atoms with Gasteiger partial charge in [0.05, 0.1) is 0 Å². The maximum atomic E-state index is 12.0. The SMILES string of the molecule is CN1CCC(O)(C#Cc2cccc(-c3nc4ncnc(N)c4s3)c2)C1=O. The Kier molecular flexibility index (Phi) is 3.83. The summed E-state index contributed by atoms with van der Waals surface area (Å²) >= 11 is 1.41. The lowest BCUT2D eigenvalue weighted by Gasteiger charge is -2.13. The first kappa shape index (κ1) is 16.4. The average Bonchev–Trinajstić information content (AvgIpc) is 3.19. The van der Waals surface area contributed by atoms with E-state index < -0.39 is 5.60 Å². The van der Waals surface area contributed by atoms with Crippen molar-refractivity contribution in [2.75, 3.05) is 19.3 Å². The van der Waals surface area contributed by atoms with Gasteiger partial charge in [0.2, 0.25) is 5.60 Å². The van der Waals surface area contributed by atoms with Gasteiger partial charge < -0.3 is 15.7 Å². The van der Waals surface area contributed by atoms with Crippen LogP contribution in [0.5, 0.6) is 0 Å². The van der Waals surface area contributed by atoms with E-state index in [4.69, 9.17) is 5.73 Å². The molecule has 3 N–H and O–H groups in total. The van der Waals surface area contributed by atoms with E-state index in [1.54, 1.807) is 7.05 Å². The molecule has 0 aliphatic carbocycles. The minimum Gasteiger partial charge on any atom is -0.382 e. The largest absolute Gasteiger partial charge is 0.382 e. The molecule has 3 heterocycles. The van der Waals surface area contributed by atoms with Crippen molar-refractivity contribution < 1.29 is 9.90 Å². The Bertz CT molecular complexity index is 1080. The number of fused-ring (bicyclic) bond motifs is 1. The van der Waals surface area contributed by atoms with Crippen LogP contribution >= 0.6 is 11.3 Å². The first-order chi connectivity index (χ1) is 12.5. The minimum absolute atomic E-state index is 0.310. The van der Waals surface area contributed by atoms with Crippen molar-refractivity contribution in [1.29, 1.82) is 0 Å². The van der Waals surface area contributed by atoms with E-state index in [1.165, 1.54) is 22.6 Å². The van der Waals surface area contributed by atoms with Crippen LogP contribution in [0.4, 0.5) is 5.82 Å². The number of nitrogens with zero attached hydrogens (tertiary/aromatic N) is 4. The van der Waals surface area contributed by atoms with Gasteiger partial charge in [0.25, 0.3) is 5.91 Å². The molecule has 1 aromatic carbocycles. The highest BCUT2D eigenvalue weighted by atomic mass is 32.1. The minimum atomic E-state index is -1.61. The molecule has 7 nitrogen and oxygen atoms in total. The zero-order valence-corrected chi connectivity index (χ0v) is 14.7. The van der Waals surface area contributed by atoms with Gasteiger partial charge in [-0.2, -0.15) is 0 Å². The molecule has 0 saturated carbocycles. The van der Waals surface area contributed by atoms with Crippen LogP contribution in [0.3, 0.4) is 0 Å². The predicted octanol–water partition coefficient (Wildman–Crippen LogP) is 1.28. The number of aliphatic hydroxyl groups is 1. The van der Waals surface area contributed by atoms with Crippen molar-refractivity contribution in [2.24, 2.45) is 0 Å². The van der Waals surface area contributed by atoms with Crippen LogP contribution in [-0.4, -0.2) is 50.1 Å². The van der Waals surface area contributed by atoms with Crippen LogP contribution in [-0.2, 0) is 4.79 Å². The zero-order valence-electron chi connectivity index (χ0n) is 13.9. The van der Waals surface area contributed by atoms with Gasteiger partial charge in [0.15, 0.2) is 5.65 Å². The quantitative estimate of drug-likeness (QED) is 0.630. The molecule has 1 aliphatic rings. The fourth-order valence-corrected chi connectivity index (χ4v) is 3.69. The second-order valence-electron chi connectivity index (χ2n) is 6.10. The van der Waals surface area contributed by atoms with Crippen LogP contribution in [0.2, 0.25) is 0 Å². The van der Waals surface area contributed by atoms with E-state index in [9.17, 15) is 9.90 Å². The molecule has 3 aromatic rings. The fraction of sp³-hybridized carbons (Fsp3) is 0.222. The van der Waals surface area contributed by atoms with Crippen LogP contribution in [0.1, 0.15) is 12.0 Å². The Hall–Kier alpha value is -3.02. The standard InChI is InChI=1S/C18H15N5O2S/c1-23-8-7-18(25,17(23)24)6-5-11-3-2-4-12(9-11)16-22-15-13(26-16)14(19)20-10-21-15/h2-4,9-10,25H,7-8H2,1H3,(H2,19,20,21). The number of hydrogen-bond donors (Lipinski definition) is 2. The van der Waals surface area contributed by atoms with Crippen LogP contribution in [0.15, 0.2) is 30.6 Å². The van der Waals surface area contributed by atoms with Crippen molar-refractivity contribution in [3.63, 3.8) is 0 Å². The summed E-state index contributed by atoms with van der Waals surface area (Å²) in [5, 5.41) is 11.2. The number of nitrogen functional groups attached to an aromatic ring is 1. The summed E-state index contributed by atoms with van der Waals surface area (Å²) < 4.78 is 0.743. The first-order valence-corrected chi connectivity index (χ1v) is 8.76. The molecule has 8 heteroatoms. The lowest BCUT2D eigenvalue weighted by molar-refractivity contribution is -0.137. The van der Waals surface area contributed by atoms with Crippen molar-refractivity contribution in [3.05, 3.63) is 36.2 Å². The number of nitrogens with two attached hydrogens (primary N) is 1. The summed E-state index contributed by atoms with van der Waals surface area (Å²) in [7, 11) is 1.66. The number of benzene rings is 1. The molecule has 1 amide bonds. The molecule has 130 valence electrons. The van der Waals surface area contributed by atoms with E-state index in [0.29, 0.717) is 30.0 Å². The van der Waals surface area contributed by atoms with Gasteiger partial charge in [-0.15, -0.1) is 11.3 Å². The molecule has 0 bridgehead atoms. The Balaban J connectivity index is 1.68. The number of aromatic nitrogens is 3. The molecule has 2 aromatic heterocycles. The van der Waals surface area contributed by atoms with E-state index in [1.807, 2.05) is 24.3 Å². The molecule has 1 unspecified atom stereocenters. The van der Waals surface area contributed by atoms with Crippen LogP contribution < -0.4 is 5.73 Å². The number of carbonyl (C=O) groups excluding carboxylic acids is 1. The summed E-state index contributed by atoms with van der Waals surface area (Å²) in [5.74, 6) is 5.68. The second-order valence-corrected chi connectivity index (χ2v) is 7.10. The van der Waals surface area contributed by atoms with Crippen LogP contribution in [0.25, 0.3) is 20.9 Å². The van der Waals surface area contributed by atoms with Crippen molar-refractivity contribution in [1.82, 2.24) is 19.9 Å². The maximum Gasteiger partial charge on any atom is 0.267 e. The molecule has 4 rings (SSSR count). The number of likely N-dealkylation sites (tertiary alicyclic amines) is 1. The van der Waals surface area contributed by atoms with Gasteiger partial charge in [0, 0.05) is 31.1 Å². The maximum absolute atomic E-state index is 12.0. The normalized spacial score (nSPS) is 19.6. The van der Waals surface area contributed by atoms with Gasteiger partial charge in [-0.25, -0.2) is 15.0 Å². The molecule has 1 aliphatic heterocycles. The Morgan fingerprint density at radius 1 is 1.38 bits per heavy atom. The molecule has 0 spiro atoms. The average molecular weight is 365 g/mol. The van der Waals surface area contributed by atoms with E-state index in [-0.39, 0.29) is 5.91 Å². The smallest absolute Gasteiger partial charge is 0.267 e. The van der Waals surface area contributed by atoms with Crippen molar-refractivity contribution >= 4 is 33.4 Å². The Morgan fingerprint density at radius 2 is 2.23 bits per heavy atom.